The summed E-state index contributed by atoms with van der Waals surface area (Å²) in [6, 6.07) is 5.48. The van der Waals surface area contributed by atoms with Crippen LogP contribution in [0.5, 0.6) is 11.5 Å². The van der Waals surface area contributed by atoms with Crippen molar-refractivity contribution in [3.05, 3.63) is 28.7 Å². The molecule has 4 nitrogen and oxygen atoms in total. The summed E-state index contributed by atoms with van der Waals surface area (Å²) < 4.78 is 10.4. The number of hydrogen-bond donors (Lipinski definition) is 1. The monoisotopic (exact) mass is 281 g/mol. The van der Waals surface area contributed by atoms with Crippen molar-refractivity contribution in [3.63, 3.8) is 0 Å². The molecule has 0 saturated carbocycles. The van der Waals surface area contributed by atoms with Gasteiger partial charge in [0.25, 0.3) is 5.24 Å². The molecule has 0 aromatic heterocycles. The van der Waals surface area contributed by atoms with Crippen LogP contribution >= 0.6 is 24.0 Å². The smallest absolute Gasteiger partial charge is 0.289 e. The molecule has 0 unspecified atom stereocenters. The number of ether oxygens (including phenoxy) is 2. The number of hydrogen-bond acceptors (Lipinski definition) is 5. The molecule has 1 fully saturated rings. The minimum absolute atomic E-state index is 0.152. The van der Waals surface area contributed by atoms with Crippen molar-refractivity contribution in [1.29, 1.82) is 0 Å². The lowest BCUT2D eigenvalue weighted by Gasteiger charge is -2.06. The number of thiocarbonyl (C=S) groups is 1. The molecule has 0 spiro atoms. The summed E-state index contributed by atoms with van der Waals surface area (Å²) in [5, 5.41) is 2.42. The Kier molecular flexibility index (Phi) is 3.88. The Morgan fingerprint density at radius 3 is 2.28 bits per heavy atom. The molecule has 1 aliphatic heterocycles. The first-order valence-electron chi connectivity index (χ1n) is 5.10. The van der Waals surface area contributed by atoms with Crippen molar-refractivity contribution in [3.8, 4) is 11.5 Å². The van der Waals surface area contributed by atoms with Gasteiger partial charge in [-0.25, -0.2) is 0 Å². The number of carbonyl (C=O) groups excluding carboxylic acids is 1. The Hall–Kier alpha value is -1.53. The maximum absolute atomic E-state index is 11.2. The third-order valence-corrected chi connectivity index (χ3v) is 3.59. The molecule has 1 aromatic carbocycles. The second-order valence-corrected chi connectivity index (χ2v) is 4.92. The van der Waals surface area contributed by atoms with E-state index >= 15 is 0 Å². The lowest BCUT2D eigenvalue weighted by molar-refractivity contribution is 0.265. The quantitative estimate of drug-likeness (QED) is 0.682. The zero-order valence-electron chi connectivity index (χ0n) is 9.85. The van der Waals surface area contributed by atoms with Gasteiger partial charge in [0.05, 0.1) is 19.1 Å². The van der Waals surface area contributed by atoms with Gasteiger partial charge in [0.15, 0.2) is 0 Å². The van der Waals surface area contributed by atoms with Gasteiger partial charge in [-0.05, 0) is 35.5 Å². The molecular formula is C12H11NO3S2. The molecule has 1 saturated heterocycles. The molecule has 0 aliphatic carbocycles. The van der Waals surface area contributed by atoms with E-state index in [4.69, 9.17) is 21.7 Å². The highest BCUT2D eigenvalue weighted by molar-refractivity contribution is 8.19. The van der Waals surface area contributed by atoms with E-state index in [2.05, 4.69) is 5.32 Å². The molecule has 1 N–H and O–H groups in total. The third-order valence-electron chi connectivity index (χ3n) is 2.31. The number of benzene rings is 1. The summed E-state index contributed by atoms with van der Waals surface area (Å²) >= 11 is 6.14. The van der Waals surface area contributed by atoms with Gasteiger partial charge in [0.1, 0.15) is 16.5 Å². The van der Waals surface area contributed by atoms with Gasteiger partial charge in [0.2, 0.25) is 0 Å². The first kappa shape index (κ1) is 12.9. The summed E-state index contributed by atoms with van der Waals surface area (Å²) in [6.45, 7) is 0. The van der Waals surface area contributed by atoms with Crippen LogP contribution < -0.4 is 14.8 Å². The Morgan fingerprint density at radius 2 is 1.83 bits per heavy atom. The average Bonchev–Trinajstić information content (AvgIpc) is 2.67. The number of rotatable bonds is 3. The molecule has 1 heterocycles. The highest BCUT2D eigenvalue weighted by Crippen LogP contribution is 2.29. The van der Waals surface area contributed by atoms with E-state index in [1.54, 1.807) is 20.3 Å². The van der Waals surface area contributed by atoms with E-state index in [1.807, 2.05) is 18.2 Å². The van der Waals surface area contributed by atoms with Gasteiger partial charge >= 0.3 is 0 Å². The first-order chi connectivity index (χ1) is 8.62. The van der Waals surface area contributed by atoms with Crippen LogP contribution in [0.4, 0.5) is 4.79 Å². The standard InChI is InChI=1S/C12H11NO3S2/c1-15-8-3-7(4-9(6-8)16-2)5-10-11(17)13-12(14)18-10/h3-6H,1-2H3,(H,13,14,17)/b10-5-. The summed E-state index contributed by atoms with van der Waals surface area (Å²) in [5.74, 6) is 1.38. The normalized spacial score (nSPS) is 16.9. The molecule has 18 heavy (non-hydrogen) atoms. The molecule has 94 valence electrons. The Labute approximate surface area is 114 Å². The third kappa shape index (κ3) is 2.83. The summed E-state index contributed by atoms with van der Waals surface area (Å²) in [5.41, 5.74) is 0.868. The summed E-state index contributed by atoms with van der Waals surface area (Å²) in [4.78, 5) is 12.4. The maximum atomic E-state index is 11.2. The Balaban J connectivity index is 2.36. The largest absolute Gasteiger partial charge is 0.497 e. The van der Waals surface area contributed by atoms with Gasteiger partial charge < -0.3 is 14.8 Å². The SMILES string of the molecule is COc1cc(/C=C2\SC(=O)NC2=S)cc(OC)c1. The molecule has 0 radical (unpaired) electrons. The number of methoxy groups -OCH3 is 2. The van der Waals surface area contributed by atoms with Crippen molar-refractivity contribution in [2.24, 2.45) is 0 Å². The first-order valence-corrected chi connectivity index (χ1v) is 6.33. The van der Waals surface area contributed by atoms with Gasteiger partial charge in [0, 0.05) is 6.07 Å². The Bertz CT molecular complexity index is 518. The van der Waals surface area contributed by atoms with Crippen LogP contribution in [0.15, 0.2) is 23.1 Å². The maximum Gasteiger partial charge on any atom is 0.289 e. The van der Waals surface area contributed by atoms with Crippen LogP contribution in [0.2, 0.25) is 0 Å². The molecule has 1 amide bonds. The van der Waals surface area contributed by atoms with Crippen LogP contribution in [0.3, 0.4) is 0 Å². The van der Waals surface area contributed by atoms with Crippen molar-refractivity contribution < 1.29 is 14.3 Å². The van der Waals surface area contributed by atoms with Crippen molar-refractivity contribution in [2.45, 2.75) is 0 Å². The zero-order valence-corrected chi connectivity index (χ0v) is 11.5. The minimum Gasteiger partial charge on any atom is -0.497 e. The molecule has 2 rings (SSSR count). The van der Waals surface area contributed by atoms with Gasteiger partial charge in [-0.15, -0.1) is 0 Å². The van der Waals surface area contributed by atoms with E-state index < -0.39 is 0 Å². The topological polar surface area (TPSA) is 47.6 Å². The zero-order chi connectivity index (χ0) is 13.1. The number of amides is 1. The van der Waals surface area contributed by atoms with Crippen LogP contribution in [0.1, 0.15) is 5.56 Å². The number of carbonyl (C=O) groups is 1. The van der Waals surface area contributed by atoms with Crippen molar-refractivity contribution >= 4 is 40.3 Å². The molecule has 1 aromatic rings. The minimum atomic E-state index is -0.152. The highest BCUT2D eigenvalue weighted by atomic mass is 32.2. The van der Waals surface area contributed by atoms with Gasteiger partial charge in [-0.2, -0.15) is 0 Å². The van der Waals surface area contributed by atoms with Crippen molar-refractivity contribution in [1.82, 2.24) is 5.32 Å². The molecule has 6 heteroatoms. The van der Waals surface area contributed by atoms with E-state index in [0.717, 1.165) is 22.2 Å². The molecule has 0 atom stereocenters. The van der Waals surface area contributed by atoms with Gasteiger partial charge in [-0.1, -0.05) is 12.2 Å². The molecule has 0 bridgehead atoms. The predicted octanol–water partition coefficient (Wildman–Crippen LogP) is 2.83. The fraction of sp³-hybridized carbons (Fsp3) is 0.167. The van der Waals surface area contributed by atoms with E-state index in [1.165, 1.54) is 0 Å². The fourth-order valence-corrected chi connectivity index (χ4v) is 2.52. The second-order valence-electron chi connectivity index (χ2n) is 3.50. The summed E-state index contributed by atoms with van der Waals surface area (Å²) in [6.07, 6.45) is 1.83. The highest BCUT2D eigenvalue weighted by Gasteiger charge is 2.21. The van der Waals surface area contributed by atoms with Crippen LogP contribution in [0, 0.1) is 0 Å². The predicted molar refractivity (Wildman–Crippen MR) is 76.2 cm³/mol. The van der Waals surface area contributed by atoms with E-state index in [0.29, 0.717) is 16.5 Å². The summed E-state index contributed by atoms with van der Waals surface area (Å²) in [7, 11) is 3.18. The molecule has 1 aliphatic rings. The van der Waals surface area contributed by atoms with Crippen LogP contribution in [-0.4, -0.2) is 24.4 Å². The lowest BCUT2D eigenvalue weighted by Crippen LogP contribution is -2.15. The Morgan fingerprint density at radius 1 is 1.22 bits per heavy atom. The van der Waals surface area contributed by atoms with E-state index in [9.17, 15) is 4.79 Å². The number of thioether (sulfide) groups is 1. The second kappa shape index (κ2) is 5.41. The van der Waals surface area contributed by atoms with Crippen molar-refractivity contribution in [2.75, 3.05) is 14.2 Å². The fourth-order valence-electron chi connectivity index (χ4n) is 1.49. The lowest BCUT2D eigenvalue weighted by atomic mass is 10.2. The average molecular weight is 281 g/mol. The molecular weight excluding hydrogens is 270 g/mol. The van der Waals surface area contributed by atoms with Crippen LogP contribution in [-0.2, 0) is 0 Å². The number of nitrogens with one attached hydrogen (secondary N) is 1. The van der Waals surface area contributed by atoms with Gasteiger partial charge in [-0.3, -0.25) is 4.79 Å². The van der Waals surface area contributed by atoms with Crippen LogP contribution in [0.25, 0.3) is 6.08 Å². The van der Waals surface area contributed by atoms with E-state index in [-0.39, 0.29) is 5.24 Å².